The summed E-state index contributed by atoms with van der Waals surface area (Å²) >= 11 is 0. The van der Waals surface area contributed by atoms with Crippen molar-refractivity contribution >= 4 is 9.84 Å². The molecule has 4 nitrogen and oxygen atoms in total. The highest BCUT2D eigenvalue weighted by atomic mass is 32.2. The van der Waals surface area contributed by atoms with Crippen molar-refractivity contribution < 1.29 is 13.5 Å². The molecule has 0 bridgehead atoms. The number of hydrogen-bond donors (Lipinski definition) is 1. The van der Waals surface area contributed by atoms with Crippen LogP contribution in [0.5, 0.6) is 0 Å². The smallest absolute Gasteiger partial charge is 0.151 e. The highest BCUT2D eigenvalue weighted by Gasteiger charge is 2.13. The first-order valence-electron chi connectivity index (χ1n) is 5.48. The Balaban J connectivity index is 4.07. The molecule has 0 spiro atoms. The summed E-state index contributed by atoms with van der Waals surface area (Å²) in [6.45, 7) is 7.22. The largest absolute Gasteiger partial charge is 0.396 e. The fourth-order valence-electron chi connectivity index (χ4n) is 1.30. The van der Waals surface area contributed by atoms with E-state index < -0.39 is 9.84 Å². The van der Waals surface area contributed by atoms with Crippen LogP contribution in [0.2, 0.25) is 0 Å². The van der Waals surface area contributed by atoms with Crippen molar-refractivity contribution in [1.82, 2.24) is 4.90 Å². The summed E-state index contributed by atoms with van der Waals surface area (Å²) in [5.41, 5.74) is 0. The van der Waals surface area contributed by atoms with Crippen LogP contribution >= 0.6 is 0 Å². The van der Waals surface area contributed by atoms with Crippen LogP contribution in [0.15, 0.2) is 0 Å². The maximum Gasteiger partial charge on any atom is 0.151 e. The number of sulfone groups is 1. The summed E-state index contributed by atoms with van der Waals surface area (Å²) in [5, 5.41) is 8.73. The Kier molecular flexibility index (Phi) is 7.13. The molecule has 0 saturated carbocycles. The molecule has 0 atom stereocenters. The second-order valence-corrected chi connectivity index (χ2v) is 6.42. The lowest BCUT2D eigenvalue weighted by molar-refractivity contribution is 0.200. The van der Waals surface area contributed by atoms with Crippen molar-refractivity contribution in [2.45, 2.75) is 33.2 Å². The molecular weight excluding hydrogens is 214 g/mol. The maximum absolute atomic E-state index is 11.3. The van der Waals surface area contributed by atoms with Crippen molar-refractivity contribution in [3.63, 3.8) is 0 Å². The zero-order valence-electron chi connectivity index (χ0n) is 9.94. The lowest BCUT2D eigenvalue weighted by Crippen LogP contribution is -2.36. The zero-order valence-corrected chi connectivity index (χ0v) is 10.8. The zero-order chi connectivity index (χ0) is 11.9. The topological polar surface area (TPSA) is 57.6 Å². The molecule has 0 fully saturated rings. The molecule has 0 aliphatic heterocycles. The van der Waals surface area contributed by atoms with E-state index >= 15 is 0 Å². The minimum atomic E-state index is -2.88. The highest BCUT2D eigenvalue weighted by molar-refractivity contribution is 7.91. The third kappa shape index (κ3) is 6.87. The molecule has 92 valence electrons. The van der Waals surface area contributed by atoms with E-state index in [4.69, 9.17) is 5.11 Å². The summed E-state index contributed by atoms with van der Waals surface area (Å²) in [6.07, 6.45) is 0.699. The normalized spacial score (nSPS) is 12.7. The van der Waals surface area contributed by atoms with Gasteiger partial charge in [0.1, 0.15) is 0 Å². The molecule has 0 rings (SSSR count). The predicted molar refractivity (Wildman–Crippen MR) is 62.7 cm³/mol. The molecule has 0 aromatic rings. The van der Waals surface area contributed by atoms with Crippen molar-refractivity contribution in [3.8, 4) is 0 Å². The third-order valence-corrected chi connectivity index (χ3v) is 4.15. The average molecular weight is 237 g/mol. The van der Waals surface area contributed by atoms with Gasteiger partial charge in [0.2, 0.25) is 0 Å². The van der Waals surface area contributed by atoms with E-state index in [2.05, 4.69) is 4.90 Å². The number of nitrogens with zero attached hydrogens (tertiary/aromatic N) is 1. The molecule has 0 aliphatic carbocycles. The van der Waals surface area contributed by atoms with Gasteiger partial charge >= 0.3 is 0 Å². The SMILES string of the molecule is CCS(=O)(=O)CCN(CCCO)C(C)C. The molecule has 1 N–H and O–H groups in total. The molecule has 5 heteroatoms. The summed E-state index contributed by atoms with van der Waals surface area (Å²) < 4.78 is 22.6. The van der Waals surface area contributed by atoms with E-state index in [0.717, 1.165) is 6.54 Å². The fraction of sp³-hybridized carbons (Fsp3) is 1.00. The maximum atomic E-state index is 11.3. The van der Waals surface area contributed by atoms with Crippen molar-refractivity contribution in [3.05, 3.63) is 0 Å². The molecule has 0 aliphatic rings. The minimum absolute atomic E-state index is 0.156. The van der Waals surface area contributed by atoms with Gasteiger partial charge in [-0.15, -0.1) is 0 Å². The van der Waals surface area contributed by atoms with Gasteiger partial charge in [0, 0.05) is 31.5 Å². The average Bonchev–Trinajstić information content (AvgIpc) is 2.17. The van der Waals surface area contributed by atoms with Gasteiger partial charge in [0.15, 0.2) is 9.84 Å². The first kappa shape index (κ1) is 14.9. The van der Waals surface area contributed by atoms with E-state index in [1.165, 1.54) is 0 Å². The molecule has 0 heterocycles. The monoisotopic (exact) mass is 237 g/mol. The molecule has 0 radical (unpaired) electrons. The second-order valence-electron chi connectivity index (χ2n) is 3.94. The number of aliphatic hydroxyl groups excluding tert-OH is 1. The van der Waals surface area contributed by atoms with Crippen molar-refractivity contribution in [2.75, 3.05) is 31.2 Å². The van der Waals surface area contributed by atoms with Crippen LogP contribution in [0.3, 0.4) is 0 Å². The van der Waals surface area contributed by atoms with Crippen LogP contribution in [0.1, 0.15) is 27.2 Å². The summed E-state index contributed by atoms with van der Waals surface area (Å²) in [7, 11) is -2.88. The molecule has 0 unspecified atom stereocenters. The van der Waals surface area contributed by atoms with E-state index in [1.807, 2.05) is 13.8 Å². The van der Waals surface area contributed by atoms with Crippen molar-refractivity contribution in [1.29, 1.82) is 0 Å². The van der Waals surface area contributed by atoms with Gasteiger partial charge in [-0.2, -0.15) is 0 Å². The Morgan fingerprint density at radius 2 is 1.87 bits per heavy atom. The Morgan fingerprint density at radius 1 is 1.27 bits per heavy atom. The second kappa shape index (κ2) is 7.19. The van der Waals surface area contributed by atoms with Gasteiger partial charge in [-0.25, -0.2) is 8.42 Å². The molecule has 15 heavy (non-hydrogen) atoms. The van der Waals surface area contributed by atoms with Crippen LogP contribution in [0.25, 0.3) is 0 Å². The minimum Gasteiger partial charge on any atom is -0.396 e. The third-order valence-electron chi connectivity index (χ3n) is 2.46. The summed E-state index contributed by atoms with van der Waals surface area (Å²) in [6, 6.07) is 0.323. The summed E-state index contributed by atoms with van der Waals surface area (Å²) in [4.78, 5) is 2.09. The van der Waals surface area contributed by atoms with Crippen LogP contribution in [-0.4, -0.2) is 55.7 Å². The molecule has 0 aromatic carbocycles. The fourth-order valence-corrected chi connectivity index (χ4v) is 2.10. The molecule has 0 amide bonds. The number of aliphatic hydroxyl groups is 1. The van der Waals surface area contributed by atoms with Gasteiger partial charge in [0.25, 0.3) is 0 Å². The van der Waals surface area contributed by atoms with E-state index in [-0.39, 0.29) is 18.1 Å². The lowest BCUT2D eigenvalue weighted by Gasteiger charge is -2.25. The molecule has 0 aromatic heterocycles. The van der Waals surface area contributed by atoms with Gasteiger partial charge < -0.3 is 5.11 Å². The summed E-state index contributed by atoms with van der Waals surface area (Å²) in [5.74, 6) is 0.423. The van der Waals surface area contributed by atoms with Crippen LogP contribution in [-0.2, 0) is 9.84 Å². The first-order chi connectivity index (χ1) is 6.93. The quantitative estimate of drug-likeness (QED) is 0.668. The van der Waals surface area contributed by atoms with Gasteiger partial charge in [0.05, 0.1) is 5.75 Å². The Hall–Kier alpha value is -0.130. The Morgan fingerprint density at radius 3 is 2.27 bits per heavy atom. The van der Waals surface area contributed by atoms with Crippen LogP contribution in [0, 0.1) is 0 Å². The van der Waals surface area contributed by atoms with Crippen molar-refractivity contribution in [2.24, 2.45) is 0 Å². The van der Waals surface area contributed by atoms with Gasteiger partial charge in [-0.05, 0) is 20.3 Å². The standard InChI is InChI=1S/C10H23NO3S/c1-4-15(13,14)9-7-11(10(2)3)6-5-8-12/h10,12H,4-9H2,1-3H3. The number of hydrogen-bond acceptors (Lipinski definition) is 4. The Labute approximate surface area is 93.2 Å². The molecule has 0 saturated heterocycles. The highest BCUT2D eigenvalue weighted by Crippen LogP contribution is 2.01. The van der Waals surface area contributed by atoms with E-state index in [1.54, 1.807) is 6.92 Å². The Bertz CT molecular complexity index is 249. The number of rotatable bonds is 8. The lowest BCUT2D eigenvalue weighted by atomic mass is 10.3. The van der Waals surface area contributed by atoms with Gasteiger partial charge in [-0.3, -0.25) is 4.90 Å². The van der Waals surface area contributed by atoms with Crippen LogP contribution < -0.4 is 0 Å². The van der Waals surface area contributed by atoms with E-state index in [9.17, 15) is 8.42 Å². The van der Waals surface area contributed by atoms with E-state index in [0.29, 0.717) is 19.0 Å². The first-order valence-corrected chi connectivity index (χ1v) is 7.30. The van der Waals surface area contributed by atoms with Gasteiger partial charge in [-0.1, -0.05) is 6.92 Å². The molecular formula is C10H23NO3S. The van der Waals surface area contributed by atoms with Crippen LogP contribution in [0.4, 0.5) is 0 Å². The predicted octanol–water partition coefficient (Wildman–Crippen LogP) is 0.514.